The fourth-order valence-electron chi connectivity index (χ4n) is 1.20. The number of benzene rings is 1. The summed E-state index contributed by atoms with van der Waals surface area (Å²) in [5, 5.41) is 0. The van der Waals surface area contributed by atoms with E-state index in [0.717, 1.165) is 5.69 Å². The van der Waals surface area contributed by atoms with E-state index in [1.165, 1.54) is 5.56 Å². The van der Waals surface area contributed by atoms with Gasteiger partial charge in [-0.15, -0.1) is 0 Å². The highest BCUT2D eigenvalue weighted by molar-refractivity contribution is 5.62. The molecule has 1 nitrogen and oxygen atoms in total. The molecule has 0 N–H and O–H groups in total. The molecule has 0 amide bonds. The molecule has 0 heterocycles. The highest BCUT2D eigenvalue weighted by Crippen LogP contribution is 2.25. The summed E-state index contributed by atoms with van der Waals surface area (Å²) < 4.78 is 0. The van der Waals surface area contributed by atoms with Crippen molar-refractivity contribution in [2.45, 2.75) is 26.7 Å². The van der Waals surface area contributed by atoms with E-state index in [0.29, 0.717) is 5.92 Å². The summed E-state index contributed by atoms with van der Waals surface area (Å²) in [6, 6.07) is 8.18. The van der Waals surface area contributed by atoms with Crippen LogP contribution in [0.4, 0.5) is 5.69 Å². The van der Waals surface area contributed by atoms with Crippen LogP contribution >= 0.6 is 0 Å². The lowest BCUT2D eigenvalue weighted by molar-refractivity contribution is 0.867. The summed E-state index contributed by atoms with van der Waals surface area (Å²) in [6.45, 7) is 6.16. The summed E-state index contributed by atoms with van der Waals surface area (Å²) in [7, 11) is 0. The molecule has 0 spiro atoms. The molecule has 12 heavy (non-hydrogen) atoms. The van der Waals surface area contributed by atoms with Gasteiger partial charge in [0.25, 0.3) is 0 Å². The number of nitrogens with zero attached hydrogens (tertiary/aromatic N) is 1. The van der Waals surface area contributed by atoms with Gasteiger partial charge in [0, 0.05) is 0 Å². The van der Waals surface area contributed by atoms with Gasteiger partial charge < -0.3 is 0 Å². The summed E-state index contributed by atoms with van der Waals surface area (Å²) in [4.78, 5) is 4.18. The Labute approximate surface area is 74.2 Å². The summed E-state index contributed by atoms with van der Waals surface area (Å²) in [5.41, 5.74) is 2.32. The van der Waals surface area contributed by atoms with E-state index in [9.17, 15) is 0 Å². The molecule has 0 aliphatic heterocycles. The second-order valence-corrected chi connectivity index (χ2v) is 3.05. The van der Waals surface area contributed by atoms with Crippen LogP contribution in [0.1, 0.15) is 32.3 Å². The van der Waals surface area contributed by atoms with Gasteiger partial charge in [-0.1, -0.05) is 32.0 Å². The number of hydrogen-bond donors (Lipinski definition) is 0. The third-order valence-corrected chi connectivity index (χ3v) is 1.79. The molecule has 1 aromatic carbocycles. The second kappa shape index (κ2) is 4.05. The average Bonchev–Trinajstić information content (AvgIpc) is 2.05. The fraction of sp³-hybridized carbons (Fsp3) is 0.364. The van der Waals surface area contributed by atoms with E-state index in [4.69, 9.17) is 0 Å². The molecule has 1 rings (SSSR count). The van der Waals surface area contributed by atoms with E-state index >= 15 is 0 Å². The minimum atomic E-state index is 0.526. The predicted octanol–water partition coefficient (Wildman–Crippen LogP) is 3.41. The highest BCUT2D eigenvalue weighted by Gasteiger charge is 2.02. The van der Waals surface area contributed by atoms with Crippen LogP contribution < -0.4 is 0 Å². The second-order valence-electron chi connectivity index (χ2n) is 3.05. The first kappa shape index (κ1) is 8.98. The molecule has 0 aliphatic carbocycles. The number of rotatable bonds is 2. The molecule has 0 fully saturated rings. The lowest BCUT2D eigenvalue weighted by Gasteiger charge is -2.07. The highest BCUT2D eigenvalue weighted by atomic mass is 14.7. The van der Waals surface area contributed by atoms with Crippen LogP contribution in [0.25, 0.3) is 0 Å². The third-order valence-electron chi connectivity index (χ3n) is 1.79. The van der Waals surface area contributed by atoms with Crippen LogP contribution in [0.2, 0.25) is 0 Å². The van der Waals surface area contributed by atoms with Crippen LogP contribution in [0, 0.1) is 0 Å². The first-order valence-corrected chi connectivity index (χ1v) is 4.22. The van der Waals surface area contributed by atoms with Crippen molar-refractivity contribution in [2.24, 2.45) is 4.99 Å². The minimum absolute atomic E-state index is 0.526. The van der Waals surface area contributed by atoms with Crippen molar-refractivity contribution in [3.05, 3.63) is 29.8 Å². The van der Waals surface area contributed by atoms with Gasteiger partial charge >= 0.3 is 0 Å². The van der Waals surface area contributed by atoms with Crippen LogP contribution in [0.15, 0.2) is 29.3 Å². The maximum atomic E-state index is 4.18. The Kier molecular flexibility index (Phi) is 3.03. The molecule has 0 aliphatic rings. The van der Waals surface area contributed by atoms with Gasteiger partial charge in [-0.2, -0.15) is 0 Å². The molecular weight excluding hydrogens is 146 g/mol. The zero-order valence-electron chi connectivity index (χ0n) is 7.83. The van der Waals surface area contributed by atoms with Crippen molar-refractivity contribution < 1.29 is 0 Å². The standard InChI is InChI=1S/C11H14N/c1-4-12-11-8-6-5-7-10(11)9(2)3/h5-9H,1-3H3. The largest absolute Gasteiger partial charge is 0.252 e. The predicted molar refractivity (Wildman–Crippen MR) is 53.3 cm³/mol. The van der Waals surface area contributed by atoms with Gasteiger partial charge in [-0.05, 0) is 24.5 Å². The molecule has 0 aromatic heterocycles. The van der Waals surface area contributed by atoms with Gasteiger partial charge in [0.15, 0.2) is 0 Å². The normalized spacial score (nSPS) is 11.3. The topological polar surface area (TPSA) is 12.4 Å². The average molecular weight is 160 g/mol. The summed E-state index contributed by atoms with van der Waals surface area (Å²) >= 11 is 0. The Morgan fingerprint density at radius 3 is 2.50 bits per heavy atom. The summed E-state index contributed by atoms with van der Waals surface area (Å²) in [5.74, 6) is 0.526. The molecule has 0 bridgehead atoms. The molecule has 1 radical (unpaired) electrons. The van der Waals surface area contributed by atoms with Crippen molar-refractivity contribution in [1.82, 2.24) is 0 Å². The Hall–Kier alpha value is -1.11. The molecule has 1 aromatic rings. The lowest BCUT2D eigenvalue weighted by Crippen LogP contribution is -1.86. The zero-order valence-corrected chi connectivity index (χ0v) is 7.83. The van der Waals surface area contributed by atoms with Gasteiger partial charge in [-0.3, -0.25) is 4.99 Å². The monoisotopic (exact) mass is 160 g/mol. The van der Waals surface area contributed by atoms with Gasteiger partial charge in [-0.25, -0.2) is 0 Å². The Bertz CT molecular complexity index is 274. The van der Waals surface area contributed by atoms with Crippen molar-refractivity contribution >= 4 is 11.9 Å². The number of hydrogen-bond acceptors (Lipinski definition) is 1. The Balaban J connectivity index is 3.08. The summed E-state index contributed by atoms with van der Waals surface area (Å²) in [6.07, 6.45) is 2.80. The van der Waals surface area contributed by atoms with Crippen LogP contribution in [-0.4, -0.2) is 6.21 Å². The van der Waals surface area contributed by atoms with Gasteiger partial charge in [0.2, 0.25) is 0 Å². The zero-order chi connectivity index (χ0) is 8.97. The van der Waals surface area contributed by atoms with E-state index in [2.05, 4.69) is 31.1 Å². The molecule has 0 saturated heterocycles. The maximum Gasteiger partial charge on any atom is 0.0668 e. The minimum Gasteiger partial charge on any atom is -0.252 e. The third kappa shape index (κ3) is 1.94. The quantitative estimate of drug-likeness (QED) is 0.588. The van der Waals surface area contributed by atoms with Crippen molar-refractivity contribution in [1.29, 1.82) is 0 Å². The van der Waals surface area contributed by atoms with Crippen molar-refractivity contribution in [2.75, 3.05) is 0 Å². The molecule has 0 saturated carbocycles. The SMILES string of the molecule is C[C]=Nc1ccccc1C(C)C. The maximum absolute atomic E-state index is 4.18. The van der Waals surface area contributed by atoms with Crippen LogP contribution in [-0.2, 0) is 0 Å². The van der Waals surface area contributed by atoms with E-state index in [1.54, 1.807) is 0 Å². The fourth-order valence-corrected chi connectivity index (χ4v) is 1.20. The van der Waals surface area contributed by atoms with Crippen LogP contribution in [0.3, 0.4) is 0 Å². The van der Waals surface area contributed by atoms with Crippen LogP contribution in [0.5, 0.6) is 0 Å². The molecule has 0 atom stereocenters. The first-order chi connectivity index (χ1) is 5.75. The molecular formula is C11H14N. The number of aliphatic imine (C=N–C) groups is 1. The van der Waals surface area contributed by atoms with Gasteiger partial charge in [0.05, 0.1) is 11.9 Å². The van der Waals surface area contributed by atoms with Crippen molar-refractivity contribution in [3.63, 3.8) is 0 Å². The molecule has 63 valence electrons. The van der Waals surface area contributed by atoms with Gasteiger partial charge in [0.1, 0.15) is 0 Å². The number of para-hydroxylation sites is 1. The molecule has 0 unspecified atom stereocenters. The van der Waals surface area contributed by atoms with E-state index in [1.807, 2.05) is 25.1 Å². The Morgan fingerprint density at radius 2 is 1.92 bits per heavy atom. The smallest absolute Gasteiger partial charge is 0.0668 e. The van der Waals surface area contributed by atoms with Crippen molar-refractivity contribution in [3.8, 4) is 0 Å². The van der Waals surface area contributed by atoms with E-state index < -0.39 is 0 Å². The van der Waals surface area contributed by atoms with E-state index in [-0.39, 0.29) is 0 Å². The first-order valence-electron chi connectivity index (χ1n) is 4.22. The molecule has 1 heteroatoms. The Morgan fingerprint density at radius 1 is 1.25 bits per heavy atom. The lowest BCUT2D eigenvalue weighted by atomic mass is 10.0.